The standard InChI is InChI=1S/C31H34Cl2N4O4S/c1-31(2,3)41-30(38)20-37(42(39,40)28-16-24(32)15-25(33)17-28)27-11-10-21-13-23(9-8-22(21)14-27)29-19-34-26(18-35-29)7-6-12-36(4)5/h8-11,13-19H,6-7,12,20H2,1-5H3. The number of aryl methyl sites for hydroxylation is 1. The number of halogens is 2. The Morgan fingerprint density at radius 2 is 1.57 bits per heavy atom. The van der Waals surface area contributed by atoms with E-state index in [0.29, 0.717) is 5.69 Å². The van der Waals surface area contributed by atoms with Crippen LogP contribution in [0.1, 0.15) is 32.9 Å². The minimum Gasteiger partial charge on any atom is -0.459 e. The molecule has 0 aliphatic carbocycles. The van der Waals surface area contributed by atoms with Gasteiger partial charge in [0.15, 0.2) is 0 Å². The predicted molar refractivity (Wildman–Crippen MR) is 169 cm³/mol. The highest BCUT2D eigenvalue weighted by Gasteiger charge is 2.30. The number of hydrogen-bond donors (Lipinski definition) is 0. The molecule has 4 rings (SSSR count). The van der Waals surface area contributed by atoms with Crippen LogP contribution in [0.2, 0.25) is 10.0 Å². The molecule has 0 radical (unpaired) electrons. The fourth-order valence-electron chi connectivity index (χ4n) is 4.37. The highest BCUT2D eigenvalue weighted by molar-refractivity contribution is 7.92. The number of esters is 1. The molecule has 11 heteroatoms. The van der Waals surface area contributed by atoms with Crippen molar-refractivity contribution in [1.29, 1.82) is 0 Å². The van der Waals surface area contributed by atoms with E-state index in [2.05, 4.69) is 14.9 Å². The topological polar surface area (TPSA) is 92.7 Å². The minimum absolute atomic E-state index is 0.136. The van der Waals surface area contributed by atoms with Gasteiger partial charge in [-0.05, 0) is 101 Å². The van der Waals surface area contributed by atoms with Gasteiger partial charge >= 0.3 is 5.97 Å². The summed E-state index contributed by atoms with van der Waals surface area (Å²) in [6, 6.07) is 15.0. The molecular formula is C31H34Cl2N4O4S. The zero-order chi connectivity index (χ0) is 30.7. The molecule has 4 aromatic rings. The number of carbonyl (C=O) groups excluding carboxylic acids is 1. The lowest BCUT2D eigenvalue weighted by Crippen LogP contribution is -2.39. The van der Waals surface area contributed by atoms with Gasteiger partial charge in [0.1, 0.15) is 12.1 Å². The fraction of sp³-hybridized carbons (Fsp3) is 0.323. The number of anilines is 1. The zero-order valence-electron chi connectivity index (χ0n) is 24.3. The number of ether oxygens (including phenoxy) is 1. The number of rotatable bonds is 10. The second-order valence-electron chi connectivity index (χ2n) is 11.2. The van der Waals surface area contributed by atoms with Crippen LogP contribution in [0.4, 0.5) is 5.69 Å². The summed E-state index contributed by atoms with van der Waals surface area (Å²) in [5.74, 6) is -0.696. The van der Waals surface area contributed by atoms with Crippen molar-refractivity contribution in [3.8, 4) is 11.3 Å². The molecule has 0 saturated heterocycles. The Hall–Kier alpha value is -3.24. The van der Waals surface area contributed by atoms with E-state index in [1.807, 2.05) is 32.3 Å². The summed E-state index contributed by atoms with van der Waals surface area (Å²) in [6.45, 7) is 5.61. The van der Waals surface area contributed by atoms with E-state index in [-0.39, 0.29) is 14.9 Å². The normalized spacial score (nSPS) is 12.1. The van der Waals surface area contributed by atoms with E-state index >= 15 is 0 Å². The van der Waals surface area contributed by atoms with Crippen molar-refractivity contribution >= 4 is 55.7 Å². The van der Waals surface area contributed by atoms with Crippen LogP contribution in [0.25, 0.3) is 22.0 Å². The zero-order valence-corrected chi connectivity index (χ0v) is 26.6. The number of nitrogens with zero attached hydrogens (tertiary/aromatic N) is 4. The van der Waals surface area contributed by atoms with Crippen molar-refractivity contribution in [3.63, 3.8) is 0 Å². The number of fused-ring (bicyclic) bond motifs is 1. The maximum Gasteiger partial charge on any atom is 0.327 e. The van der Waals surface area contributed by atoms with Crippen LogP contribution in [0.3, 0.4) is 0 Å². The lowest BCUT2D eigenvalue weighted by molar-refractivity contribution is -0.152. The summed E-state index contributed by atoms with van der Waals surface area (Å²) in [5, 5.41) is 1.97. The highest BCUT2D eigenvalue weighted by atomic mass is 35.5. The molecular weight excluding hydrogens is 595 g/mol. The van der Waals surface area contributed by atoms with E-state index < -0.39 is 28.1 Å². The van der Waals surface area contributed by atoms with Crippen LogP contribution in [-0.2, 0) is 26.0 Å². The van der Waals surface area contributed by atoms with Crippen LogP contribution < -0.4 is 4.31 Å². The average molecular weight is 630 g/mol. The fourth-order valence-corrected chi connectivity index (χ4v) is 6.50. The molecule has 0 N–H and O–H groups in total. The van der Waals surface area contributed by atoms with Gasteiger partial charge in [-0.2, -0.15) is 0 Å². The molecule has 0 aliphatic rings. The lowest BCUT2D eigenvalue weighted by Gasteiger charge is -2.26. The van der Waals surface area contributed by atoms with E-state index in [9.17, 15) is 13.2 Å². The molecule has 1 heterocycles. The molecule has 1 aromatic heterocycles. The van der Waals surface area contributed by atoms with Crippen LogP contribution in [0.5, 0.6) is 0 Å². The Kier molecular flexibility index (Phi) is 9.77. The summed E-state index contributed by atoms with van der Waals surface area (Å²) in [7, 11) is -0.151. The summed E-state index contributed by atoms with van der Waals surface area (Å²) < 4.78 is 34.1. The van der Waals surface area contributed by atoms with Crippen LogP contribution >= 0.6 is 23.2 Å². The van der Waals surface area contributed by atoms with E-state index in [1.54, 1.807) is 51.4 Å². The van der Waals surface area contributed by atoms with Gasteiger partial charge in [0.2, 0.25) is 0 Å². The smallest absolute Gasteiger partial charge is 0.327 e. The van der Waals surface area contributed by atoms with Crippen molar-refractivity contribution in [2.75, 3.05) is 31.5 Å². The minimum atomic E-state index is -4.24. The first-order chi connectivity index (χ1) is 19.7. The van der Waals surface area contributed by atoms with Gasteiger partial charge in [0.05, 0.1) is 28.2 Å². The first kappa shape index (κ1) is 31.7. The summed E-state index contributed by atoms with van der Waals surface area (Å²) in [4.78, 5) is 24.0. The van der Waals surface area contributed by atoms with Crippen molar-refractivity contribution in [1.82, 2.24) is 14.9 Å². The molecule has 0 bridgehead atoms. The maximum absolute atomic E-state index is 13.8. The average Bonchev–Trinajstić information content (AvgIpc) is 2.90. The molecule has 0 fully saturated rings. The number of carbonyl (C=O) groups is 1. The quantitative estimate of drug-likeness (QED) is 0.182. The first-order valence-corrected chi connectivity index (χ1v) is 15.6. The SMILES string of the molecule is CN(C)CCCc1cnc(-c2ccc3cc(N(CC(=O)OC(C)(C)C)S(=O)(=O)c4cc(Cl)cc(Cl)c4)ccc3c2)cn1. The van der Waals surface area contributed by atoms with Gasteiger partial charge in [-0.3, -0.25) is 19.1 Å². The molecule has 0 unspecified atom stereocenters. The van der Waals surface area contributed by atoms with Crippen molar-refractivity contribution in [2.45, 2.75) is 44.1 Å². The van der Waals surface area contributed by atoms with E-state index in [0.717, 1.165) is 51.4 Å². The highest BCUT2D eigenvalue weighted by Crippen LogP contribution is 2.32. The van der Waals surface area contributed by atoms with Crippen LogP contribution in [0.15, 0.2) is 71.9 Å². The largest absolute Gasteiger partial charge is 0.459 e. The molecule has 0 spiro atoms. The Bertz CT molecular complexity index is 1670. The third kappa shape index (κ3) is 8.19. The van der Waals surface area contributed by atoms with Crippen molar-refractivity contribution in [2.24, 2.45) is 0 Å². The van der Waals surface area contributed by atoms with Gasteiger partial charge in [0.25, 0.3) is 10.0 Å². The molecule has 0 aliphatic heterocycles. The molecule has 42 heavy (non-hydrogen) atoms. The van der Waals surface area contributed by atoms with Crippen molar-refractivity contribution in [3.05, 3.63) is 82.7 Å². The van der Waals surface area contributed by atoms with Gasteiger partial charge in [-0.25, -0.2) is 8.42 Å². The third-order valence-corrected chi connectivity index (χ3v) is 8.46. The lowest BCUT2D eigenvalue weighted by atomic mass is 10.0. The molecule has 222 valence electrons. The Balaban J connectivity index is 1.66. The van der Waals surface area contributed by atoms with Gasteiger partial charge < -0.3 is 9.64 Å². The second-order valence-corrected chi connectivity index (χ2v) is 14.0. The first-order valence-electron chi connectivity index (χ1n) is 13.4. The Labute approximate surface area is 257 Å². The number of hydrogen-bond acceptors (Lipinski definition) is 7. The summed E-state index contributed by atoms with van der Waals surface area (Å²) in [5.41, 5.74) is 2.06. The number of aromatic nitrogens is 2. The molecule has 3 aromatic carbocycles. The van der Waals surface area contributed by atoms with Gasteiger partial charge in [-0.15, -0.1) is 0 Å². The molecule has 0 saturated carbocycles. The summed E-state index contributed by atoms with van der Waals surface area (Å²) >= 11 is 12.2. The number of benzene rings is 3. The monoisotopic (exact) mass is 628 g/mol. The summed E-state index contributed by atoms with van der Waals surface area (Å²) in [6.07, 6.45) is 5.44. The number of sulfonamides is 1. The van der Waals surface area contributed by atoms with Gasteiger partial charge in [-0.1, -0.05) is 41.4 Å². The second kappa shape index (κ2) is 13.0. The predicted octanol–water partition coefficient (Wildman–Crippen LogP) is 6.63. The van der Waals surface area contributed by atoms with Gasteiger partial charge in [0, 0.05) is 21.8 Å². The Morgan fingerprint density at radius 1 is 0.905 bits per heavy atom. The Morgan fingerprint density at radius 3 is 2.19 bits per heavy atom. The van der Waals surface area contributed by atoms with Crippen LogP contribution in [-0.4, -0.2) is 62.0 Å². The van der Waals surface area contributed by atoms with Crippen molar-refractivity contribution < 1.29 is 17.9 Å². The molecule has 0 atom stereocenters. The van der Waals surface area contributed by atoms with E-state index in [4.69, 9.17) is 27.9 Å². The molecule has 0 amide bonds. The third-order valence-electron chi connectivity index (χ3n) is 6.27. The van der Waals surface area contributed by atoms with Crippen LogP contribution in [0, 0.1) is 0 Å². The molecule has 8 nitrogen and oxygen atoms in total. The maximum atomic E-state index is 13.8. The van der Waals surface area contributed by atoms with E-state index in [1.165, 1.54) is 18.2 Å².